The number of hydrogen-bond donors (Lipinski definition) is 1. The molecule has 128 valence electrons. The van der Waals surface area contributed by atoms with E-state index in [4.69, 9.17) is 0 Å². The number of carbonyl (C=O) groups excluding carboxylic acids is 1. The number of aromatic amines is 1. The average Bonchev–Trinajstić information content (AvgIpc) is 3.04. The van der Waals surface area contributed by atoms with Gasteiger partial charge >= 0.3 is 0 Å². The van der Waals surface area contributed by atoms with Gasteiger partial charge in [0.25, 0.3) is 5.91 Å². The third kappa shape index (κ3) is 3.20. The largest absolute Gasteiger partial charge is 0.338 e. The molecule has 6 nitrogen and oxygen atoms in total. The summed E-state index contributed by atoms with van der Waals surface area (Å²) < 4.78 is 2.17. The van der Waals surface area contributed by atoms with Crippen molar-refractivity contribution in [2.75, 3.05) is 13.1 Å². The molecule has 2 aromatic heterocycles. The molecule has 1 aromatic carbocycles. The Labute approximate surface area is 145 Å². The fourth-order valence-corrected chi connectivity index (χ4v) is 3.59. The predicted molar refractivity (Wildman–Crippen MR) is 95.4 cm³/mol. The van der Waals surface area contributed by atoms with Crippen LogP contribution in [0.2, 0.25) is 0 Å². The number of carbonyl (C=O) groups is 1. The van der Waals surface area contributed by atoms with Crippen LogP contribution in [0, 0.1) is 5.92 Å². The first kappa shape index (κ1) is 15.6. The van der Waals surface area contributed by atoms with E-state index in [-0.39, 0.29) is 11.5 Å². The molecule has 4 rings (SSSR count). The summed E-state index contributed by atoms with van der Waals surface area (Å²) >= 11 is 0. The number of piperidine rings is 1. The van der Waals surface area contributed by atoms with Crippen LogP contribution in [-0.4, -0.2) is 38.4 Å². The second kappa shape index (κ2) is 6.55. The van der Waals surface area contributed by atoms with Gasteiger partial charge in [0.1, 0.15) is 0 Å². The minimum Gasteiger partial charge on any atom is -0.338 e. The highest BCUT2D eigenvalue weighted by atomic mass is 16.2. The van der Waals surface area contributed by atoms with Crippen LogP contribution in [0.4, 0.5) is 0 Å². The van der Waals surface area contributed by atoms with E-state index in [1.807, 2.05) is 29.4 Å². The normalized spacial score (nSPS) is 17.8. The number of nitrogens with zero attached hydrogens (tertiary/aromatic N) is 3. The van der Waals surface area contributed by atoms with E-state index in [2.05, 4.69) is 20.6 Å². The van der Waals surface area contributed by atoms with Crippen LogP contribution in [0.25, 0.3) is 11.0 Å². The molecule has 3 heterocycles. The van der Waals surface area contributed by atoms with Crippen LogP contribution >= 0.6 is 0 Å². The summed E-state index contributed by atoms with van der Waals surface area (Å²) in [4.78, 5) is 33.0. The SMILES string of the molecule is O=C(c1cc[nH]c(=O)c1)N1CCCC(Cn2cnc3ccccc32)C1. The van der Waals surface area contributed by atoms with Gasteiger partial charge in [-0.1, -0.05) is 12.1 Å². The van der Waals surface area contributed by atoms with E-state index >= 15 is 0 Å². The number of hydrogen-bond acceptors (Lipinski definition) is 3. The van der Waals surface area contributed by atoms with E-state index in [0.29, 0.717) is 18.0 Å². The van der Waals surface area contributed by atoms with Crippen molar-refractivity contribution in [2.24, 2.45) is 5.92 Å². The Balaban J connectivity index is 1.49. The number of likely N-dealkylation sites (tertiary alicyclic amines) is 1. The molecule has 0 radical (unpaired) electrons. The Hall–Kier alpha value is -2.89. The molecule has 1 fully saturated rings. The summed E-state index contributed by atoms with van der Waals surface area (Å²) in [6, 6.07) is 11.1. The van der Waals surface area contributed by atoms with Crippen LogP contribution in [0.1, 0.15) is 23.2 Å². The highest BCUT2D eigenvalue weighted by molar-refractivity contribution is 5.94. The third-order valence-corrected chi connectivity index (χ3v) is 4.81. The van der Waals surface area contributed by atoms with Gasteiger partial charge in [0, 0.05) is 37.5 Å². The molecule has 3 aromatic rings. The quantitative estimate of drug-likeness (QED) is 0.797. The van der Waals surface area contributed by atoms with Crippen molar-refractivity contribution in [1.82, 2.24) is 19.4 Å². The molecular formula is C19H20N4O2. The van der Waals surface area contributed by atoms with Crippen molar-refractivity contribution in [1.29, 1.82) is 0 Å². The standard InChI is InChI=1S/C19H20N4O2/c24-18-10-15(7-8-20-18)19(25)22-9-3-4-14(11-22)12-23-13-21-16-5-1-2-6-17(16)23/h1-2,5-8,10,13-14H,3-4,9,11-12H2,(H,20,24). The van der Waals surface area contributed by atoms with E-state index < -0.39 is 0 Å². The molecule has 6 heteroatoms. The molecule has 0 spiro atoms. The van der Waals surface area contributed by atoms with Crippen molar-refractivity contribution in [3.8, 4) is 0 Å². The number of nitrogens with one attached hydrogen (secondary N) is 1. The highest BCUT2D eigenvalue weighted by Crippen LogP contribution is 2.22. The van der Waals surface area contributed by atoms with Crippen LogP contribution in [0.15, 0.2) is 53.7 Å². The predicted octanol–water partition coefficient (Wildman–Crippen LogP) is 2.28. The lowest BCUT2D eigenvalue weighted by molar-refractivity contribution is 0.0663. The summed E-state index contributed by atoms with van der Waals surface area (Å²) in [6.07, 6.45) is 5.47. The molecule has 1 atom stereocenters. The molecule has 1 aliphatic rings. The molecule has 0 aliphatic carbocycles. The molecule has 1 aliphatic heterocycles. The zero-order valence-electron chi connectivity index (χ0n) is 13.9. The van der Waals surface area contributed by atoms with Crippen molar-refractivity contribution >= 4 is 16.9 Å². The Morgan fingerprint density at radius 3 is 3.04 bits per heavy atom. The van der Waals surface area contributed by atoms with Gasteiger partial charge in [0.05, 0.1) is 17.4 Å². The lowest BCUT2D eigenvalue weighted by Gasteiger charge is -2.33. The number of imidazole rings is 1. The summed E-state index contributed by atoms with van der Waals surface area (Å²) in [5.74, 6) is 0.323. The minimum atomic E-state index is -0.246. The number of rotatable bonds is 3. The number of benzene rings is 1. The number of H-pyrrole nitrogens is 1. The lowest BCUT2D eigenvalue weighted by Crippen LogP contribution is -2.41. The number of fused-ring (bicyclic) bond motifs is 1. The Morgan fingerprint density at radius 1 is 1.28 bits per heavy atom. The van der Waals surface area contributed by atoms with Crippen molar-refractivity contribution in [3.05, 3.63) is 64.8 Å². The molecule has 1 amide bonds. The molecule has 1 N–H and O–H groups in total. The zero-order chi connectivity index (χ0) is 17.2. The monoisotopic (exact) mass is 336 g/mol. The van der Waals surface area contributed by atoms with Crippen LogP contribution in [0.3, 0.4) is 0 Å². The first-order valence-electron chi connectivity index (χ1n) is 8.58. The number of aromatic nitrogens is 3. The zero-order valence-corrected chi connectivity index (χ0v) is 13.9. The average molecular weight is 336 g/mol. The summed E-state index contributed by atoms with van der Waals surface area (Å²) in [7, 11) is 0. The molecule has 25 heavy (non-hydrogen) atoms. The fraction of sp³-hybridized carbons (Fsp3) is 0.316. The van der Waals surface area contributed by atoms with Crippen molar-refractivity contribution < 1.29 is 4.79 Å². The number of pyridine rings is 1. The Bertz CT molecular complexity index is 959. The number of para-hydroxylation sites is 2. The molecule has 0 bridgehead atoms. The maximum absolute atomic E-state index is 12.7. The van der Waals surface area contributed by atoms with Gasteiger partial charge in [-0.3, -0.25) is 9.59 Å². The summed E-state index contributed by atoms with van der Waals surface area (Å²) in [6.45, 7) is 2.30. The topological polar surface area (TPSA) is 71.0 Å². The highest BCUT2D eigenvalue weighted by Gasteiger charge is 2.25. The van der Waals surface area contributed by atoms with E-state index in [1.165, 1.54) is 12.3 Å². The van der Waals surface area contributed by atoms with Gasteiger partial charge in [-0.2, -0.15) is 0 Å². The van der Waals surface area contributed by atoms with Crippen LogP contribution < -0.4 is 5.56 Å². The number of amides is 1. The van der Waals surface area contributed by atoms with Crippen LogP contribution in [-0.2, 0) is 6.54 Å². The maximum atomic E-state index is 12.7. The lowest BCUT2D eigenvalue weighted by atomic mass is 9.97. The van der Waals surface area contributed by atoms with Gasteiger partial charge < -0.3 is 14.5 Å². The van der Waals surface area contributed by atoms with E-state index in [9.17, 15) is 9.59 Å². The second-order valence-electron chi connectivity index (χ2n) is 6.59. The van der Waals surface area contributed by atoms with Gasteiger partial charge in [-0.15, -0.1) is 0 Å². The van der Waals surface area contributed by atoms with Crippen molar-refractivity contribution in [3.63, 3.8) is 0 Å². The molecule has 0 saturated carbocycles. The van der Waals surface area contributed by atoms with E-state index in [1.54, 1.807) is 6.07 Å². The second-order valence-corrected chi connectivity index (χ2v) is 6.59. The summed E-state index contributed by atoms with van der Waals surface area (Å²) in [5.41, 5.74) is 2.33. The summed E-state index contributed by atoms with van der Waals surface area (Å²) in [5, 5.41) is 0. The van der Waals surface area contributed by atoms with Gasteiger partial charge in [0.2, 0.25) is 5.56 Å². The van der Waals surface area contributed by atoms with Gasteiger partial charge in [-0.25, -0.2) is 4.98 Å². The maximum Gasteiger partial charge on any atom is 0.254 e. The van der Waals surface area contributed by atoms with Crippen LogP contribution in [0.5, 0.6) is 0 Å². The van der Waals surface area contributed by atoms with Crippen molar-refractivity contribution in [2.45, 2.75) is 19.4 Å². The minimum absolute atomic E-state index is 0.0636. The first-order chi connectivity index (χ1) is 12.2. The Kier molecular flexibility index (Phi) is 4.09. The molecule has 1 saturated heterocycles. The third-order valence-electron chi connectivity index (χ3n) is 4.81. The fourth-order valence-electron chi connectivity index (χ4n) is 3.59. The molecular weight excluding hydrogens is 316 g/mol. The molecule has 1 unspecified atom stereocenters. The van der Waals surface area contributed by atoms with E-state index in [0.717, 1.165) is 37.0 Å². The Morgan fingerprint density at radius 2 is 2.16 bits per heavy atom. The van der Waals surface area contributed by atoms with Gasteiger partial charge in [0.15, 0.2) is 0 Å². The first-order valence-corrected chi connectivity index (χ1v) is 8.58. The van der Waals surface area contributed by atoms with Gasteiger partial charge in [-0.05, 0) is 37.0 Å². The smallest absolute Gasteiger partial charge is 0.254 e.